The van der Waals surface area contributed by atoms with Crippen LogP contribution in [0.25, 0.3) is 5.69 Å². The molecule has 1 heterocycles. The van der Waals surface area contributed by atoms with Crippen LogP contribution in [0.2, 0.25) is 5.02 Å². The van der Waals surface area contributed by atoms with Gasteiger partial charge >= 0.3 is 5.97 Å². The summed E-state index contributed by atoms with van der Waals surface area (Å²) in [5.41, 5.74) is 1.13. The number of aliphatic carboxylic acids is 1. The van der Waals surface area contributed by atoms with Gasteiger partial charge in [-0.05, 0) is 30.2 Å². The van der Waals surface area contributed by atoms with Crippen LogP contribution in [0.15, 0.2) is 48.5 Å². The van der Waals surface area contributed by atoms with Gasteiger partial charge in [0.1, 0.15) is 5.69 Å². The van der Waals surface area contributed by atoms with Crippen LogP contribution in [-0.4, -0.2) is 31.9 Å². The van der Waals surface area contributed by atoms with Crippen molar-refractivity contribution in [2.45, 2.75) is 19.4 Å². The van der Waals surface area contributed by atoms with E-state index in [-0.39, 0.29) is 22.8 Å². The molecule has 0 fully saturated rings. The highest BCUT2D eigenvalue weighted by Gasteiger charge is 2.23. The molecule has 0 saturated heterocycles. The number of hydrogen-bond donors (Lipinski definition) is 3. The summed E-state index contributed by atoms with van der Waals surface area (Å²) < 4.78 is 15.1. The summed E-state index contributed by atoms with van der Waals surface area (Å²) in [7, 11) is 0. The van der Waals surface area contributed by atoms with E-state index in [1.165, 1.54) is 18.2 Å². The van der Waals surface area contributed by atoms with E-state index >= 15 is 0 Å². The van der Waals surface area contributed by atoms with Crippen LogP contribution >= 0.6 is 11.6 Å². The van der Waals surface area contributed by atoms with E-state index in [4.69, 9.17) is 11.6 Å². The summed E-state index contributed by atoms with van der Waals surface area (Å²) in [6, 6.07) is 11.5. The van der Waals surface area contributed by atoms with E-state index in [0.29, 0.717) is 5.56 Å². The monoisotopic (exact) mass is 417 g/mol. The number of aromatic hydroxyl groups is 1. The maximum Gasteiger partial charge on any atom is 0.305 e. The van der Waals surface area contributed by atoms with Crippen molar-refractivity contribution in [2.75, 3.05) is 0 Å². The third-order valence-electron chi connectivity index (χ3n) is 4.33. The SMILES string of the molecule is Cc1ccccc1[C@H](CC(=O)O)NC(=O)c1cc(O)n(-c2cccc(Cl)c2F)n1. The van der Waals surface area contributed by atoms with E-state index in [0.717, 1.165) is 16.3 Å². The second-order valence-electron chi connectivity index (χ2n) is 6.35. The van der Waals surface area contributed by atoms with Crippen LogP contribution in [0.1, 0.15) is 34.1 Å². The van der Waals surface area contributed by atoms with Crippen molar-refractivity contribution in [3.8, 4) is 11.6 Å². The van der Waals surface area contributed by atoms with Gasteiger partial charge in [0.25, 0.3) is 5.91 Å². The first-order valence-electron chi connectivity index (χ1n) is 8.59. The standard InChI is InChI=1S/C20H17ClFN3O4/c1-11-5-2-3-6-12(11)14(10-18(27)28)23-20(29)15-9-17(26)25(24-15)16-8-4-7-13(21)19(16)22/h2-9,14,26H,10H2,1H3,(H,23,29)(H,27,28)/t14-/m0/s1. The molecular formula is C20H17ClFN3O4. The lowest BCUT2D eigenvalue weighted by Gasteiger charge is -2.18. The molecule has 0 aliphatic carbocycles. The maximum absolute atomic E-state index is 14.2. The zero-order chi connectivity index (χ0) is 21.1. The highest BCUT2D eigenvalue weighted by atomic mass is 35.5. The van der Waals surface area contributed by atoms with Gasteiger partial charge in [-0.2, -0.15) is 9.78 Å². The average Bonchev–Trinajstić information content (AvgIpc) is 3.05. The Kier molecular flexibility index (Phi) is 5.84. The van der Waals surface area contributed by atoms with Crippen molar-refractivity contribution in [2.24, 2.45) is 0 Å². The van der Waals surface area contributed by atoms with Gasteiger partial charge in [-0.25, -0.2) is 4.39 Å². The number of carboxylic acid groups (broad SMARTS) is 1. The smallest absolute Gasteiger partial charge is 0.305 e. The van der Waals surface area contributed by atoms with Crippen molar-refractivity contribution >= 4 is 23.5 Å². The number of rotatable bonds is 6. The molecule has 1 aromatic heterocycles. The van der Waals surface area contributed by atoms with Gasteiger partial charge in [0.2, 0.25) is 5.88 Å². The Bertz CT molecular complexity index is 1080. The Balaban J connectivity index is 1.91. The molecule has 3 rings (SSSR count). The number of halogens is 2. The number of carbonyl (C=O) groups excluding carboxylic acids is 1. The molecule has 0 unspecified atom stereocenters. The van der Waals surface area contributed by atoms with Crippen molar-refractivity contribution in [1.29, 1.82) is 0 Å². The number of aryl methyl sites for hydroxylation is 1. The first-order chi connectivity index (χ1) is 13.8. The molecule has 0 bridgehead atoms. The van der Waals surface area contributed by atoms with Crippen molar-refractivity contribution < 1.29 is 24.2 Å². The van der Waals surface area contributed by atoms with Crippen LogP contribution in [0, 0.1) is 12.7 Å². The molecule has 1 amide bonds. The van der Waals surface area contributed by atoms with E-state index in [9.17, 15) is 24.2 Å². The van der Waals surface area contributed by atoms with E-state index < -0.39 is 29.6 Å². The molecule has 7 nitrogen and oxygen atoms in total. The third kappa shape index (κ3) is 4.38. The van der Waals surface area contributed by atoms with Crippen molar-refractivity contribution in [3.05, 3.63) is 76.2 Å². The summed E-state index contributed by atoms with van der Waals surface area (Å²) in [6.45, 7) is 1.80. The number of hydrogen-bond acceptors (Lipinski definition) is 4. The number of carbonyl (C=O) groups is 2. The van der Waals surface area contributed by atoms with Crippen LogP contribution in [0.4, 0.5) is 4.39 Å². The molecular weight excluding hydrogens is 401 g/mol. The molecule has 29 heavy (non-hydrogen) atoms. The van der Waals surface area contributed by atoms with Crippen LogP contribution < -0.4 is 5.32 Å². The summed E-state index contributed by atoms with van der Waals surface area (Å²) >= 11 is 5.75. The Morgan fingerprint density at radius 2 is 1.97 bits per heavy atom. The Morgan fingerprint density at radius 3 is 2.66 bits per heavy atom. The number of benzene rings is 2. The molecule has 0 aliphatic rings. The number of nitrogens with zero attached hydrogens (tertiary/aromatic N) is 2. The predicted molar refractivity (Wildman–Crippen MR) is 104 cm³/mol. The van der Waals surface area contributed by atoms with Crippen molar-refractivity contribution in [3.63, 3.8) is 0 Å². The predicted octanol–water partition coefficient (Wildman–Crippen LogP) is 3.62. The molecule has 0 spiro atoms. The van der Waals surface area contributed by atoms with E-state index in [1.807, 2.05) is 0 Å². The Hall–Kier alpha value is -3.39. The summed E-state index contributed by atoms with van der Waals surface area (Å²) in [5.74, 6) is -3.07. The fraction of sp³-hybridized carbons (Fsp3) is 0.150. The molecule has 1 atom stereocenters. The van der Waals surface area contributed by atoms with E-state index in [1.54, 1.807) is 31.2 Å². The Morgan fingerprint density at radius 1 is 1.24 bits per heavy atom. The second kappa shape index (κ2) is 8.32. The fourth-order valence-electron chi connectivity index (χ4n) is 2.94. The van der Waals surface area contributed by atoms with Gasteiger partial charge in [-0.1, -0.05) is 41.9 Å². The minimum atomic E-state index is -1.09. The molecule has 9 heteroatoms. The first kappa shape index (κ1) is 20.3. The average molecular weight is 418 g/mol. The Labute approximate surface area is 170 Å². The third-order valence-corrected chi connectivity index (χ3v) is 4.62. The largest absolute Gasteiger partial charge is 0.493 e. The molecule has 3 N–H and O–H groups in total. The van der Waals surface area contributed by atoms with Gasteiger partial charge in [-0.3, -0.25) is 9.59 Å². The molecule has 3 aromatic rings. The topological polar surface area (TPSA) is 104 Å². The van der Waals surface area contributed by atoms with Crippen LogP contribution in [0.3, 0.4) is 0 Å². The lowest BCUT2D eigenvalue weighted by Crippen LogP contribution is -2.31. The second-order valence-corrected chi connectivity index (χ2v) is 6.76. The summed E-state index contributed by atoms with van der Waals surface area (Å²) in [5, 5.41) is 25.7. The quantitative estimate of drug-likeness (QED) is 0.568. The molecule has 150 valence electrons. The molecule has 0 saturated carbocycles. The van der Waals surface area contributed by atoms with Gasteiger partial charge in [-0.15, -0.1) is 0 Å². The van der Waals surface area contributed by atoms with Gasteiger partial charge in [0, 0.05) is 6.07 Å². The lowest BCUT2D eigenvalue weighted by molar-refractivity contribution is -0.137. The number of amides is 1. The zero-order valence-electron chi connectivity index (χ0n) is 15.3. The molecule has 0 radical (unpaired) electrons. The highest BCUT2D eigenvalue weighted by molar-refractivity contribution is 6.30. The van der Waals surface area contributed by atoms with E-state index in [2.05, 4.69) is 10.4 Å². The van der Waals surface area contributed by atoms with Crippen LogP contribution in [-0.2, 0) is 4.79 Å². The van der Waals surface area contributed by atoms with Gasteiger partial charge in [0.05, 0.1) is 17.5 Å². The normalized spacial score (nSPS) is 11.8. The van der Waals surface area contributed by atoms with Crippen molar-refractivity contribution in [1.82, 2.24) is 15.1 Å². The number of carboxylic acids is 1. The minimum absolute atomic E-state index is 0.130. The molecule has 0 aliphatic heterocycles. The summed E-state index contributed by atoms with van der Waals surface area (Å²) in [4.78, 5) is 23.9. The fourth-order valence-corrected chi connectivity index (χ4v) is 3.11. The zero-order valence-corrected chi connectivity index (χ0v) is 16.0. The highest BCUT2D eigenvalue weighted by Crippen LogP contribution is 2.26. The summed E-state index contributed by atoms with van der Waals surface area (Å²) in [6.07, 6.45) is -0.341. The van der Waals surface area contributed by atoms with Gasteiger partial charge in [0.15, 0.2) is 11.5 Å². The van der Waals surface area contributed by atoms with Crippen LogP contribution in [0.5, 0.6) is 5.88 Å². The number of aromatic nitrogens is 2. The molecule has 2 aromatic carbocycles. The first-order valence-corrected chi connectivity index (χ1v) is 8.97. The lowest BCUT2D eigenvalue weighted by atomic mass is 9.98. The number of nitrogens with one attached hydrogen (secondary N) is 1. The van der Waals surface area contributed by atoms with Gasteiger partial charge < -0.3 is 15.5 Å². The minimum Gasteiger partial charge on any atom is -0.493 e. The maximum atomic E-state index is 14.2.